The first-order valence-corrected chi connectivity index (χ1v) is 7.17. The zero-order chi connectivity index (χ0) is 16.3. The fourth-order valence-electron chi connectivity index (χ4n) is 1.76. The van der Waals surface area contributed by atoms with E-state index in [1.165, 1.54) is 30.3 Å². The van der Waals surface area contributed by atoms with Crippen LogP contribution in [0, 0.1) is 11.6 Å². The minimum Gasteiger partial charge on any atom is -0.336 e. The van der Waals surface area contributed by atoms with Crippen LogP contribution in [0.2, 0.25) is 0 Å². The first kappa shape index (κ1) is 16.0. The van der Waals surface area contributed by atoms with E-state index in [1.54, 1.807) is 0 Å². The summed E-state index contributed by atoms with van der Waals surface area (Å²) in [7, 11) is 1.53. The molecule has 0 atom stereocenters. The molecule has 0 saturated carbocycles. The van der Waals surface area contributed by atoms with Crippen molar-refractivity contribution in [2.45, 2.75) is 13.5 Å². The van der Waals surface area contributed by atoms with Crippen molar-refractivity contribution in [1.29, 1.82) is 0 Å². The van der Waals surface area contributed by atoms with Gasteiger partial charge in [-0.25, -0.2) is 13.8 Å². The highest BCUT2D eigenvalue weighted by molar-refractivity contribution is 7.14. The Labute approximate surface area is 129 Å². The Hall–Kier alpha value is -2.35. The largest absolute Gasteiger partial charge is 0.336 e. The summed E-state index contributed by atoms with van der Waals surface area (Å²) in [5, 5.41) is 4.34. The van der Waals surface area contributed by atoms with Gasteiger partial charge in [-0.05, 0) is 17.7 Å². The van der Waals surface area contributed by atoms with Crippen LogP contribution in [0.5, 0.6) is 0 Å². The Bertz CT molecular complexity index is 718. The Kier molecular flexibility index (Phi) is 4.81. The lowest BCUT2D eigenvalue weighted by molar-refractivity contribution is -0.114. The third-order valence-corrected chi connectivity index (χ3v) is 3.51. The van der Waals surface area contributed by atoms with E-state index in [0.29, 0.717) is 10.7 Å². The normalized spacial score (nSPS) is 10.4. The van der Waals surface area contributed by atoms with Gasteiger partial charge in [-0.1, -0.05) is 6.07 Å². The maximum atomic E-state index is 13.1. The number of thiazole rings is 1. The van der Waals surface area contributed by atoms with Crippen LogP contribution in [0.25, 0.3) is 0 Å². The van der Waals surface area contributed by atoms with Gasteiger partial charge in [-0.15, -0.1) is 11.3 Å². The highest BCUT2D eigenvalue weighted by Gasteiger charge is 2.16. The van der Waals surface area contributed by atoms with Crippen molar-refractivity contribution < 1.29 is 18.4 Å². The summed E-state index contributed by atoms with van der Waals surface area (Å²) in [5.41, 5.74) is 0.644. The van der Waals surface area contributed by atoms with Crippen molar-refractivity contribution in [2.75, 3.05) is 12.4 Å². The number of hydrogen-bond donors (Lipinski definition) is 1. The lowest BCUT2D eigenvalue weighted by Crippen LogP contribution is -2.26. The molecule has 8 heteroatoms. The molecule has 2 amide bonds. The van der Waals surface area contributed by atoms with Gasteiger partial charge in [-0.2, -0.15) is 0 Å². The second kappa shape index (κ2) is 6.61. The molecule has 1 aromatic carbocycles. The molecule has 1 aromatic heterocycles. The number of benzene rings is 1. The quantitative estimate of drug-likeness (QED) is 0.940. The number of carbonyl (C=O) groups is 2. The molecule has 116 valence electrons. The zero-order valence-corrected chi connectivity index (χ0v) is 12.7. The number of rotatable bonds is 4. The summed E-state index contributed by atoms with van der Waals surface area (Å²) in [6.07, 6.45) is 0. The van der Waals surface area contributed by atoms with Crippen molar-refractivity contribution in [3.8, 4) is 0 Å². The minimum absolute atomic E-state index is 0.114. The SMILES string of the molecule is CC(=O)Nc1nc(C(=O)N(C)Cc2ccc(F)c(F)c2)cs1. The summed E-state index contributed by atoms with van der Waals surface area (Å²) in [6, 6.07) is 3.47. The van der Waals surface area contributed by atoms with E-state index < -0.39 is 11.6 Å². The molecule has 2 rings (SSSR count). The molecular formula is C14H13F2N3O2S. The van der Waals surface area contributed by atoms with E-state index in [9.17, 15) is 18.4 Å². The summed E-state index contributed by atoms with van der Waals surface area (Å²) < 4.78 is 26.0. The molecule has 0 spiro atoms. The van der Waals surface area contributed by atoms with E-state index >= 15 is 0 Å². The van der Waals surface area contributed by atoms with E-state index in [4.69, 9.17) is 0 Å². The molecule has 0 aliphatic rings. The number of anilines is 1. The molecule has 22 heavy (non-hydrogen) atoms. The molecule has 0 unspecified atom stereocenters. The first-order valence-electron chi connectivity index (χ1n) is 6.29. The molecule has 0 saturated heterocycles. The van der Waals surface area contributed by atoms with Gasteiger partial charge in [0.1, 0.15) is 5.69 Å². The van der Waals surface area contributed by atoms with Gasteiger partial charge in [0.25, 0.3) is 5.91 Å². The Morgan fingerprint density at radius 2 is 2.05 bits per heavy atom. The van der Waals surface area contributed by atoms with Crippen LogP contribution in [-0.2, 0) is 11.3 Å². The van der Waals surface area contributed by atoms with Crippen molar-refractivity contribution >= 4 is 28.3 Å². The van der Waals surface area contributed by atoms with Gasteiger partial charge in [0, 0.05) is 25.9 Å². The number of hydrogen-bond acceptors (Lipinski definition) is 4. The van der Waals surface area contributed by atoms with Crippen LogP contribution in [0.3, 0.4) is 0 Å². The van der Waals surface area contributed by atoms with Crippen molar-refractivity contribution in [3.05, 3.63) is 46.5 Å². The van der Waals surface area contributed by atoms with Gasteiger partial charge in [0.15, 0.2) is 16.8 Å². The van der Waals surface area contributed by atoms with E-state index in [1.807, 2.05) is 0 Å². The van der Waals surface area contributed by atoms with Crippen LogP contribution in [0.4, 0.5) is 13.9 Å². The third-order valence-electron chi connectivity index (χ3n) is 2.76. The van der Waals surface area contributed by atoms with Crippen LogP contribution in [0.15, 0.2) is 23.6 Å². The molecule has 0 fully saturated rings. The van der Waals surface area contributed by atoms with Gasteiger partial charge < -0.3 is 10.2 Å². The predicted octanol–water partition coefficient (Wildman–Crippen LogP) is 2.65. The monoisotopic (exact) mass is 325 g/mol. The van der Waals surface area contributed by atoms with Crippen LogP contribution >= 0.6 is 11.3 Å². The third kappa shape index (κ3) is 3.85. The summed E-state index contributed by atoms with van der Waals surface area (Å²) in [6.45, 7) is 1.46. The fourth-order valence-corrected chi connectivity index (χ4v) is 2.49. The van der Waals surface area contributed by atoms with Crippen LogP contribution < -0.4 is 5.32 Å². The zero-order valence-electron chi connectivity index (χ0n) is 11.9. The Balaban J connectivity index is 2.06. The maximum absolute atomic E-state index is 13.1. The molecule has 0 bridgehead atoms. The number of halogens is 2. The smallest absolute Gasteiger partial charge is 0.273 e. The van der Waals surface area contributed by atoms with E-state index in [0.717, 1.165) is 23.5 Å². The Morgan fingerprint density at radius 3 is 2.68 bits per heavy atom. The highest BCUT2D eigenvalue weighted by atomic mass is 32.1. The van der Waals surface area contributed by atoms with Crippen LogP contribution in [0.1, 0.15) is 23.0 Å². The minimum atomic E-state index is -0.958. The second-order valence-corrected chi connectivity index (χ2v) is 5.49. The van der Waals surface area contributed by atoms with Crippen molar-refractivity contribution in [2.24, 2.45) is 0 Å². The van der Waals surface area contributed by atoms with Crippen molar-refractivity contribution in [3.63, 3.8) is 0 Å². The highest BCUT2D eigenvalue weighted by Crippen LogP contribution is 2.17. The predicted molar refractivity (Wildman–Crippen MR) is 78.6 cm³/mol. The lowest BCUT2D eigenvalue weighted by Gasteiger charge is -2.16. The molecule has 2 aromatic rings. The van der Waals surface area contributed by atoms with Gasteiger partial charge in [0.2, 0.25) is 5.91 Å². The molecule has 1 N–H and O–H groups in total. The van der Waals surface area contributed by atoms with Gasteiger partial charge in [-0.3, -0.25) is 9.59 Å². The van der Waals surface area contributed by atoms with Crippen LogP contribution in [-0.4, -0.2) is 28.7 Å². The van der Waals surface area contributed by atoms with Crippen molar-refractivity contribution in [1.82, 2.24) is 9.88 Å². The standard InChI is InChI=1S/C14H13F2N3O2S/c1-8(20)17-14-18-12(7-22-14)13(21)19(2)6-9-3-4-10(15)11(16)5-9/h3-5,7H,6H2,1-2H3,(H,17,18,20). The Morgan fingerprint density at radius 1 is 1.32 bits per heavy atom. The number of nitrogens with one attached hydrogen (secondary N) is 1. The average molecular weight is 325 g/mol. The topological polar surface area (TPSA) is 62.3 Å². The number of carbonyl (C=O) groups excluding carboxylic acids is 2. The fraction of sp³-hybridized carbons (Fsp3) is 0.214. The van der Waals surface area contributed by atoms with E-state index in [2.05, 4.69) is 10.3 Å². The molecule has 5 nitrogen and oxygen atoms in total. The molecular weight excluding hydrogens is 312 g/mol. The summed E-state index contributed by atoms with van der Waals surface area (Å²) in [5.74, 6) is -2.54. The number of aromatic nitrogens is 1. The van der Waals surface area contributed by atoms with E-state index in [-0.39, 0.29) is 24.1 Å². The molecule has 1 heterocycles. The second-order valence-electron chi connectivity index (χ2n) is 4.63. The number of amides is 2. The molecule has 0 radical (unpaired) electrons. The summed E-state index contributed by atoms with van der Waals surface area (Å²) >= 11 is 1.13. The number of nitrogens with zero attached hydrogens (tertiary/aromatic N) is 2. The maximum Gasteiger partial charge on any atom is 0.273 e. The average Bonchev–Trinajstić information content (AvgIpc) is 2.89. The molecule has 0 aliphatic heterocycles. The molecule has 0 aliphatic carbocycles. The lowest BCUT2D eigenvalue weighted by atomic mass is 10.2. The van der Waals surface area contributed by atoms with Gasteiger partial charge >= 0.3 is 0 Å². The van der Waals surface area contributed by atoms with Gasteiger partial charge in [0.05, 0.1) is 0 Å². The summed E-state index contributed by atoms with van der Waals surface area (Å²) in [4.78, 5) is 28.4. The first-order chi connectivity index (χ1) is 10.4.